The Morgan fingerprint density at radius 3 is 2.49 bits per heavy atom. The van der Waals surface area contributed by atoms with E-state index in [2.05, 4.69) is 17.0 Å². The molecule has 13 heteroatoms. The highest BCUT2D eigenvalue weighted by molar-refractivity contribution is 7.88. The summed E-state index contributed by atoms with van der Waals surface area (Å²) in [5, 5.41) is 4.89. The number of aromatic nitrogens is 3. The quantitative estimate of drug-likeness (QED) is 0.231. The number of rotatable bonds is 10. The van der Waals surface area contributed by atoms with E-state index in [-0.39, 0.29) is 35.6 Å². The molecule has 2 aliphatic rings. The van der Waals surface area contributed by atoms with Crippen LogP contribution in [0.2, 0.25) is 5.02 Å². The molecule has 2 aromatic carbocycles. The number of hydrogen-bond donors (Lipinski definition) is 0. The SMILES string of the molecule is CC1(COc2c(N3CCN(S(=O)(=O)Cc4cccc(C(=O)Oc5cccnc5)c4)CC3)cnn(-c3cccc(Cl)c3)c2=O)CC1. The van der Waals surface area contributed by atoms with Gasteiger partial charge < -0.3 is 14.4 Å². The summed E-state index contributed by atoms with van der Waals surface area (Å²) in [5.74, 6) is -0.392. The summed E-state index contributed by atoms with van der Waals surface area (Å²) in [6.45, 7) is 3.61. The van der Waals surface area contributed by atoms with Gasteiger partial charge in [0.1, 0.15) is 11.4 Å². The monoisotopic (exact) mass is 649 g/mol. The molecule has 1 aliphatic heterocycles. The number of carbonyl (C=O) groups excluding carboxylic acids is 1. The van der Waals surface area contributed by atoms with E-state index >= 15 is 0 Å². The topological polar surface area (TPSA) is 124 Å². The number of sulfonamides is 1. The van der Waals surface area contributed by atoms with Crippen LogP contribution in [-0.4, -0.2) is 66.2 Å². The van der Waals surface area contributed by atoms with Gasteiger partial charge in [-0.1, -0.05) is 36.7 Å². The third-order valence-corrected chi connectivity index (χ3v) is 10.1. The Labute approximate surface area is 266 Å². The van der Waals surface area contributed by atoms with Crippen LogP contribution in [0.5, 0.6) is 11.5 Å². The molecule has 0 bridgehead atoms. The summed E-state index contributed by atoms with van der Waals surface area (Å²) in [4.78, 5) is 32.1. The van der Waals surface area contributed by atoms with Gasteiger partial charge in [-0.25, -0.2) is 13.2 Å². The van der Waals surface area contributed by atoms with Crippen molar-refractivity contribution in [1.82, 2.24) is 19.1 Å². The Bertz CT molecular complexity index is 1870. The molecule has 0 unspecified atom stereocenters. The number of nitrogens with zero attached hydrogens (tertiary/aromatic N) is 5. The number of benzene rings is 2. The van der Waals surface area contributed by atoms with Crippen molar-refractivity contribution in [3.63, 3.8) is 0 Å². The Morgan fingerprint density at radius 1 is 1.00 bits per heavy atom. The summed E-state index contributed by atoms with van der Waals surface area (Å²) < 4.78 is 41.0. The van der Waals surface area contributed by atoms with Crippen molar-refractivity contribution in [3.05, 3.63) is 106 Å². The second kappa shape index (κ2) is 12.6. The highest BCUT2D eigenvalue weighted by atomic mass is 35.5. The lowest BCUT2D eigenvalue weighted by Gasteiger charge is -2.35. The fraction of sp³-hybridized carbons (Fsp3) is 0.312. The predicted octanol–water partition coefficient (Wildman–Crippen LogP) is 4.33. The first-order valence-corrected chi connectivity index (χ1v) is 16.5. The molecule has 45 heavy (non-hydrogen) atoms. The minimum atomic E-state index is -3.71. The molecule has 2 fully saturated rings. The number of halogens is 1. The second-order valence-electron chi connectivity index (χ2n) is 11.6. The molecular formula is C32H32ClN5O6S. The van der Waals surface area contributed by atoms with E-state index in [0.717, 1.165) is 12.8 Å². The highest BCUT2D eigenvalue weighted by Crippen LogP contribution is 2.45. The molecule has 234 valence electrons. The summed E-state index contributed by atoms with van der Waals surface area (Å²) in [7, 11) is -3.71. The Morgan fingerprint density at radius 2 is 1.78 bits per heavy atom. The molecule has 11 nitrogen and oxygen atoms in total. The van der Waals surface area contributed by atoms with Crippen LogP contribution >= 0.6 is 11.6 Å². The average Bonchev–Trinajstić information content (AvgIpc) is 3.77. The molecule has 0 amide bonds. The summed E-state index contributed by atoms with van der Waals surface area (Å²) in [6, 6.07) is 16.5. The Kier molecular flexibility index (Phi) is 8.63. The minimum absolute atomic E-state index is 0.0352. The molecule has 2 aromatic heterocycles. The molecule has 0 N–H and O–H groups in total. The van der Waals surface area contributed by atoms with Crippen LogP contribution in [-0.2, 0) is 15.8 Å². The smallest absolute Gasteiger partial charge is 0.343 e. The number of pyridine rings is 1. The zero-order valence-electron chi connectivity index (χ0n) is 24.6. The lowest BCUT2D eigenvalue weighted by molar-refractivity contribution is 0.0734. The van der Waals surface area contributed by atoms with Gasteiger partial charge in [0, 0.05) is 42.8 Å². The van der Waals surface area contributed by atoms with Crippen LogP contribution in [0, 0.1) is 5.41 Å². The first-order valence-electron chi connectivity index (χ1n) is 14.6. The molecule has 0 radical (unpaired) electrons. The standard InChI is InChI=1S/C32H32ClN5O6S/c1-32(10-11-32)22-43-29-28(20-35-38(30(29)39)26-8-3-7-25(33)18-26)36-13-15-37(16-14-36)45(41,42)21-23-5-2-6-24(17-23)31(40)44-27-9-4-12-34-19-27/h2-9,12,17-20H,10-11,13-16,21-22H2,1H3. The van der Waals surface area contributed by atoms with Gasteiger partial charge in [-0.05, 0) is 60.9 Å². The van der Waals surface area contributed by atoms with E-state index in [4.69, 9.17) is 21.1 Å². The van der Waals surface area contributed by atoms with Crippen molar-refractivity contribution in [1.29, 1.82) is 0 Å². The van der Waals surface area contributed by atoms with E-state index in [1.54, 1.807) is 67.0 Å². The van der Waals surface area contributed by atoms with Crippen LogP contribution in [0.3, 0.4) is 0 Å². The third kappa shape index (κ3) is 7.19. The van der Waals surface area contributed by atoms with Gasteiger partial charge in [-0.2, -0.15) is 14.1 Å². The number of esters is 1. The van der Waals surface area contributed by atoms with E-state index in [0.29, 0.717) is 47.4 Å². The summed E-state index contributed by atoms with van der Waals surface area (Å²) in [5.41, 5.74) is 1.38. The van der Waals surface area contributed by atoms with Gasteiger partial charge in [-0.15, -0.1) is 0 Å². The maximum atomic E-state index is 13.6. The lowest BCUT2D eigenvalue weighted by atomic mass is 10.1. The summed E-state index contributed by atoms with van der Waals surface area (Å²) in [6.07, 6.45) is 6.64. The van der Waals surface area contributed by atoms with Crippen LogP contribution in [0.1, 0.15) is 35.7 Å². The number of anilines is 1. The number of ether oxygens (including phenoxy) is 2. The molecular weight excluding hydrogens is 618 g/mol. The van der Waals surface area contributed by atoms with Crippen molar-refractivity contribution in [2.24, 2.45) is 5.41 Å². The van der Waals surface area contributed by atoms with Gasteiger partial charge in [0.2, 0.25) is 15.8 Å². The normalized spacial score (nSPS) is 16.3. The van der Waals surface area contributed by atoms with Gasteiger partial charge in [0.25, 0.3) is 0 Å². The van der Waals surface area contributed by atoms with Crippen molar-refractivity contribution in [3.8, 4) is 17.2 Å². The van der Waals surface area contributed by atoms with Crippen LogP contribution in [0.15, 0.2) is 84.0 Å². The van der Waals surface area contributed by atoms with Crippen molar-refractivity contribution < 1.29 is 22.7 Å². The van der Waals surface area contributed by atoms with Crippen molar-refractivity contribution in [2.45, 2.75) is 25.5 Å². The van der Waals surface area contributed by atoms with Crippen LogP contribution in [0.4, 0.5) is 5.69 Å². The second-order valence-corrected chi connectivity index (χ2v) is 14.0. The van der Waals surface area contributed by atoms with Gasteiger partial charge in [0.15, 0.2) is 0 Å². The Hall–Kier alpha value is -4.26. The van der Waals surface area contributed by atoms with Gasteiger partial charge >= 0.3 is 11.5 Å². The molecule has 1 saturated carbocycles. The molecule has 1 saturated heterocycles. The molecule has 0 spiro atoms. The predicted molar refractivity (Wildman–Crippen MR) is 170 cm³/mol. The zero-order valence-corrected chi connectivity index (χ0v) is 26.2. The maximum Gasteiger partial charge on any atom is 0.343 e. The fourth-order valence-electron chi connectivity index (χ4n) is 5.06. The minimum Gasteiger partial charge on any atom is -0.486 e. The van der Waals surface area contributed by atoms with E-state index < -0.39 is 21.6 Å². The van der Waals surface area contributed by atoms with Crippen molar-refractivity contribution >= 4 is 33.3 Å². The maximum absolute atomic E-state index is 13.6. The molecule has 3 heterocycles. The lowest BCUT2D eigenvalue weighted by Crippen LogP contribution is -2.49. The first-order chi connectivity index (χ1) is 21.6. The average molecular weight is 650 g/mol. The van der Waals surface area contributed by atoms with E-state index in [1.165, 1.54) is 21.3 Å². The zero-order chi connectivity index (χ0) is 31.6. The largest absolute Gasteiger partial charge is 0.486 e. The van der Waals surface area contributed by atoms with Crippen molar-refractivity contribution in [2.75, 3.05) is 37.7 Å². The van der Waals surface area contributed by atoms with Gasteiger partial charge in [0.05, 0.1) is 36.0 Å². The van der Waals surface area contributed by atoms with E-state index in [1.807, 2.05) is 4.90 Å². The van der Waals surface area contributed by atoms with Crippen LogP contribution in [0.25, 0.3) is 5.69 Å². The third-order valence-electron chi connectivity index (χ3n) is 7.97. The number of carbonyl (C=O) groups is 1. The van der Waals surface area contributed by atoms with Crippen LogP contribution < -0.4 is 19.9 Å². The number of piperazine rings is 1. The highest BCUT2D eigenvalue weighted by Gasteiger charge is 2.39. The van der Waals surface area contributed by atoms with E-state index in [9.17, 15) is 18.0 Å². The Balaban J connectivity index is 1.15. The number of hydrogen-bond acceptors (Lipinski definition) is 9. The first kappa shape index (κ1) is 30.8. The fourth-order valence-corrected chi connectivity index (χ4v) is 6.74. The molecule has 0 atom stereocenters. The molecule has 6 rings (SSSR count). The molecule has 1 aliphatic carbocycles. The summed E-state index contributed by atoms with van der Waals surface area (Å²) >= 11 is 6.16. The molecule has 4 aromatic rings. The van der Waals surface area contributed by atoms with Gasteiger partial charge in [-0.3, -0.25) is 9.78 Å².